The average Bonchev–Trinajstić information content (AvgIpc) is 3.26. The predicted octanol–water partition coefficient (Wildman–Crippen LogP) is 3.55. The highest BCUT2D eigenvalue weighted by molar-refractivity contribution is 5.91. The molecular weight excluding hydrogens is 512 g/mol. The lowest BCUT2D eigenvalue weighted by molar-refractivity contribution is -0.384. The second-order valence-electron chi connectivity index (χ2n) is 9.11. The Labute approximate surface area is 228 Å². The molecule has 0 saturated heterocycles. The highest BCUT2D eigenvalue weighted by Crippen LogP contribution is 2.30. The summed E-state index contributed by atoms with van der Waals surface area (Å²) in [5.41, 5.74) is 3.18. The Morgan fingerprint density at radius 3 is 2.42 bits per heavy atom. The zero-order valence-corrected chi connectivity index (χ0v) is 21.9. The normalized spacial score (nSPS) is 14.8. The molecule has 3 aromatic carbocycles. The molecule has 1 aliphatic rings. The molecule has 5 rings (SSSR count). The van der Waals surface area contributed by atoms with Crippen LogP contribution in [-0.4, -0.2) is 27.1 Å². The molecule has 1 aromatic heterocycles. The molecule has 0 amide bonds. The first-order valence-electron chi connectivity index (χ1n) is 12.7. The van der Waals surface area contributed by atoms with Crippen LogP contribution in [0.25, 0.3) is 6.08 Å². The number of esters is 1. The number of nitrogens with zero attached hydrogens (tertiary/aromatic N) is 3. The van der Waals surface area contributed by atoms with Crippen LogP contribution in [-0.2, 0) is 16.1 Å². The summed E-state index contributed by atoms with van der Waals surface area (Å²) >= 11 is 0. The third kappa shape index (κ3) is 5.32. The van der Waals surface area contributed by atoms with Crippen molar-refractivity contribution in [3.8, 4) is 5.75 Å². The number of carbonyl (C=O) groups excluding carboxylic acids is 1. The molecule has 0 radical (unpaired) electrons. The third-order valence-electron chi connectivity index (χ3n) is 6.47. The Bertz CT molecular complexity index is 1770. The van der Waals surface area contributed by atoms with Gasteiger partial charge in [0.25, 0.3) is 11.2 Å². The topological polar surface area (TPSA) is 129 Å². The first kappa shape index (κ1) is 26.4. The number of carbonyl (C=O) groups is 1. The van der Waals surface area contributed by atoms with Crippen molar-refractivity contribution in [3.05, 3.63) is 138 Å². The number of hydrogen-bond acceptors (Lipinski definition) is 7. The van der Waals surface area contributed by atoms with Gasteiger partial charge in [-0.05, 0) is 60.9 Å². The zero-order valence-electron chi connectivity index (χ0n) is 21.9. The fraction of sp³-hybridized carbons (Fsp3) is 0.167. The van der Waals surface area contributed by atoms with Crippen molar-refractivity contribution in [3.63, 3.8) is 0 Å². The first-order chi connectivity index (χ1) is 19.4. The summed E-state index contributed by atoms with van der Waals surface area (Å²) in [5, 5.41) is 11.1. The number of imidazole rings is 1. The van der Waals surface area contributed by atoms with E-state index in [0.29, 0.717) is 28.0 Å². The number of nitro groups is 1. The number of nitro benzene ring substituents is 1. The van der Waals surface area contributed by atoms with E-state index in [2.05, 4.69) is 9.98 Å². The Morgan fingerprint density at radius 1 is 1.07 bits per heavy atom. The standard InChI is InChI=1S/C30H26N4O6/c1-3-39-29(36)26-19(2)31-30-32-25(28(35)33(30)27(26)22-7-5-4-6-8-22)17-20-11-15-24(16-12-20)40-18-21-9-13-23(14-10-21)34(37)38/h4-17,27H,3,18H2,1-2H3,(H,31,32)/b25-17+. The fourth-order valence-corrected chi connectivity index (χ4v) is 4.55. The number of allylic oxidation sites excluding steroid dienone is 1. The van der Waals surface area contributed by atoms with Gasteiger partial charge in [-0.3, -0.25) is 19.5 Å². The van der Waals surface area contributed by atoms with Gasteiger partial charge in [0, 0.05) is 12.1 Å². The van der Waals surface area contributed by atoms with Crippen molar-refractivity contribution in [1.82, 2.24) is 9.55 Å². The number of fused-ring (bicyclic) bond motifs is 1. The molecule has 1 unspecified atom stereocenters. The number of nitrogens with one attached hydrogen (secondary N) is 1. The summed E-state index contributed by atoms with van der Waals surface area (Å²) in [6, 6.07) is 22.0. The number of hydrogen-bond donors (Lipinski definition) is 1. The summed E-state index contributed by atoms with van der Waals surface area (Å²) in [6.07, 6.45) is 1.71. The lowest BCUT2D eigenvalue weighted by atomic mass is 9.96. The maximum absolute atomic E-state index is 13.6. The van der Waals surface area contributed by atoms with Gasteiger partial charge in [0.1, 0.15) is 17.7 Å². The molecule has 0 aliphatic carbocycles. The van der Waals surface area contributed by atoms with Crippen LogP contribution in [0.5, 0.6) is 5.75 Å². The van der Waals surface area contributed by atoms with Gasteiger partial charge in [-0.1, -0.05) is 42.5 Å². The quantitative estimate of drug-likeness (QED) is 0.208. The van der Waals surface area contributed by atoms with Gasteiger partial charge in [0.2, 0.25) is 5.62 Å². The van der Waals surface area contributed by atoms with E-state index in [9.17, 15) is 19.7 Å². The lowest BCUT2D eigenvalue weighted by Crippen LogP contribution is -2.40. The minimum atomic E-state index is -0.686. The Hall–Kier alpha value is -5.25. The van der Waals surface area contributed by atoms with E-state index in [1.54, 1.807) is 44.2 Å². The van der Waals surface area contributed by atoms with Crippen LogP contribution in [0.3, 0.4) is 0 Å². The minimum Gasteiger partial charge on any atom is -0.489 e. The molecule has 0 saturated carbocycles. The SMILES string of the molecule is CCOC(=O)C1=C(C)N=c2[nH]/c(=C/c3ccc(OCc4ccc([N+](=O)[O-])cc4)cc3)c(=O)n2C1c1ccccc1. The van der Waals surface area contributed by atoms with E-state index in [4.69, 9.17) is 9.47 Å². The molecule has 202 valence electrons. The maximum Gasteiger partial charge on any atom is 0.338 e. The van der Waals surface area contributed by atoms with Crippen molar-refractivity contribution < 1.29 is 19.2 Å². The van der Waals surface area contributed by atoms with Gasteiger partial charge >= 0.3 is 5.97 Å². The predicted molar refractivity (Wildman–Crippen MR) is 147 cm³/mol. The molecule has 10 nitrogen and oxygen atoms in total. The summed E-state index contributed by atoms with van der Waals surface area (Å²) < 4.78 is 12.6. The van der Waals surface area contributed by atoms with Crippen LogP contribution in [0.15, 0.2) is 99.9 Å². The van der Waals surface area contributed by atoms with Crippen LogP contribution in [0.2, 0.25) is 0 Å². The van der Waals surface area contributed by atoms with Crippen LogP contribution in [0.4, 0.5) is 5.69 Å². The van der Waals surface area contributed by atoms with Gasteiger partial charge in [-0.15, -0.1) is 0 Å². The molecule has 1 atom stereocenters. The van der Waals surface area contributed by atoms with Crippen LogP contribution in [0.1, 0.15) is 36.6 Å². The molecule has 0 bridgehead atoms. The molecule has 1 aliphatic heterocycles. The van der Waals surface area contributed by atoms with Crippen molar-refractivity contribution >= 4 is 17.7 Å². The van der Waals surface area contributed by atoms with Crippen LogP contribution < -0.4 is 21.3 Å². The van der Waals surface area contributed by atoms with Crippen molar-refractivity contribution in [2.75, 3.05) is 6.61 Å². The second-order valence-corrected chi connectivity index (χ2v) is 9.11. The summed E-state index contributed by atoms with van der Waals surface area (Å²) in [5.74, 6) is 0.0993. The highest BCUT2D eigenvalue weighted by Gasteiger charge is 2.33. The number of non-ortho nitro benzene ring substituents is 1. The molecule has 2 heterocycles. The van der Waals surface area contributed by atoms with Gasteiger partial charge in [-0.2, -0.15) is 0 Å². The molecule has 0 spiro atoms. The van der Waals surface area contributed by atoms with Gasteiger partial charge < -0.3 is 14.5 Å². The van der Waals surface area contributed by atoms with Crippen molar-refractivity contribution in [1.29, 1.82) is 0 Å². The summed E-state index contributed by atoms with van der Waals surface area (Å²) in [4.78, 5) is 44.5. The van der Waals surface area contributed by atoms with Crippen LogP contribution in [0, 0.1) is 10.1 Å². The molecule has 10 heteroatoms. The number of benzene rings is 3. The number of rotatable bonds is 8. The van der Waals surface area contributed by atoms with Crippen molar-refractivity contribution in [2.24, 2.45) is 4.99 Å². The van der Waals surface area contributed by atoms with Gasteiger partial charge in [-0.25, -0.2) is 9.79 Å². The largest absolute Gasteiger partial charge is 0.489 e. The van der Waals surface area contributed by atoms with E-state index < -0.39 is 16.9 Å². The fourth-order valence-electron chi connectivity index (χ4n) is 4.55. The molecule has 0 fully saturated rings. The van der Waals surface area contributed by atoms with E-state index in [-0.39, 0.29) is 24.5 Å². The third-order valence-corrected chi connectivity index (χ3v) is 6.47. The van der Waals surface area contributed by atoms with Crippen molar-refractivity contribution in [2.45, 2.75) is 26.5 Å². The molecule has 4 aromatic rings. The van der Waals surface area contributed by atoms with E-state index in [1.807, 2.05) is 42.5 Å². The number of aromatic nitrogens is 2. The number of ether oxygens (including phenoxy) is 2. The van der Waals surface area contributed by atoms with Gasteiger partial charge in [0.15, 0.2) is 0 Å². The zero-order chi connectivity index (χ0) is 28.2. The molecule has 40 heavy (non-hydrogen) atoms. The monoisotopic (exact) mass is 538 g/mol. The second kappa shape index (κ2) is 11.2. The average molecular weight is 539 g/mol. The molecule has 1 N–H and O–H groups in total. The smallest absolute Gasteiger partial charge is 0.338 e. The van der Waals surface area contributed by atoms with E-state index >= 15 is 0 Å². The number of H-pyrrole nitrogens is 1. The maximum atomic E-state index is 13.6. The van der Waals surface area contributed by atoms with E-state index in [1.165, 1.54) is 16.7 Å². The Kier molecular flexibility index (Phi) is 7.41. The first-order valence-corrected chi connectivity index (χ1v) is 12.7. The minimum absolute atomic E-state index is 0.0245. The van der Waals surface area contributed by atoms with Crippen LogP contribution >= 0.6 is 0 Å². The highest BCUT2D eigenvalue weighted by atomic mass is 16.6. The summed E-state index contributed by atoms with van der Waals surface area (Å²) in [7, 11) is 0. The number of aromatic amines is 1. The van der Waals surface area contributed by atoms with E-state index in [0.717, 1.165) is 16.7 Å². The summed E-state index contributed by atoms with van der Waals surface area (Å²) in [6.45, 7) is 3.93. The Balaban J connectivity index is 1.43. The lowest BCUT2D eigenvalue weighted by Gasteiger charge is -2.24. The molecular formula is C30H26N4O6. The Morgan fingerprint density at radius 2 is 1.77 bits per heavy atom. The van der Waals surface area contributed by atoms with Gasteiger partial charge in [0.05, 0.1) is 28.8 Å².